The van der Waals surface area contributed by atoms with Gasteiger partial charge in [-0.15, -0.1) is 0 Å². The minimum Gasteiger partial charge on any atom is -0.465 e. The molecule has 0 aliphatic rings. The molecule has 0 spiro atoms. The largest absolute Gasteiger partial charge is 0.465 e. The maximum Gasteiger partial charge on any atom is 0.405 e. The van der Waals surface area contributed by atoms with Gasteiger partial charge < -0.3 is 10.4 Å². The number of nitrogens with zero attached hydrogens (tertiary/aromatic N) is 1. The zero-order valence-electron chi connectivity index (χ0n) is 12.2. The van der Waals surface area contributed by atoms with Crippen LogP contribution in [0.3, 0.4) is 0 Å². The second-order valence-corrected chi connectivity index (χ2v) is 6.32. The number of ketones is 1. The molecule has 3 N–H and O–H groups in total. The third-order valence-electron chi connectivity index (χ3n) is 2.88. The summed E-state index contributed by atoms with van der Waals surface area (Å²) in [5.41, 5.74) is 0. The number of carboxylic acid groups (broad SMARTS) is 1. The zero-order chi connectivity index (χ0) is 16.6. The Hall–Kier alpha value is -2.00. The summed E-state index contributed by atoms with van der Waals surface area (Å²) in [6.45, 7) is 1.42. The van der Waals surface area contributed by atoms with E-state index in [1.165, 1.54) is 18.3 Å². The van der Waals surface area contributed by atoms with Crippen molar-refractivity contribution < 1.29 is 23.1 Å². The summed E-state index contributed by atoms with van der Waals surface area (Å²) in [6, 6.07) is 3.46. The van der Waals surface area contributed by atoms with E-state index in [-0.39, 0.29) is 5.03 Å². The molecule has 0 fully saturated rings. The molecular weight excluding hydrogens is 310 g/mol. The Morgan fingerprint density at radius 1 is 1.36 bits per heavy atom. The first-order chi connectivity index (χ1) is 10.4. The van der Waals surface area contributed by atoms with Crippen LogP contribution in [0.25, 0.3) is 0 Å². The third-order valence-corrected chi connectivity index (χ3v) is 4.20. The minimum atomic E-state index is -3.89. The van der Waals surface area contributed by atoms with Crippen molar-refractivity contribution in [3.63, 3.8) is 0 Å². The molecule has 0 aromatic carbocycles. The molecule has 1 rings (SSSR count). The molecule has 1 aromatic rings. The summed E-state index contributed by atoms with van der Waals surface area (Å²) in [4.78, 5) is 26.4. The molecule has 1 heterocycles. The molecule has 0 aliphatic carbocycles. The molecule has 9 heteroatoms. The van der Waals surface area contributed by atoms with Crippen molar-refractivity contribution in [2.75, 3.05) is 6.54 Å². The van der Waals surface area contributed by atoms with Gasteiger partial charge in [0.15, 0.2) is 10.8 Å². The van der Waals surface area contributed by atoms with Gasteiger partial charge in [0.2, 0.25) is 0 Å². The van der Waals surface area contributed by atoms with E-state index >= 15 is 0 Å². The summed E-state index contributed by atoms with van der Waals surface area (Å²) in [7, 11) is -3.89. The molecule has 8 nitrogen and oxygen atoms in total. The van der Waals surface area contributed by atoms with Crippen molar-refractivity contribution in [2.24, 2.45) is 0 Å². The molecule has 122 valence electrons. The van der Waals surface area contributed by atoms with Crippen molar-refractivity contribution in [3.8, 4) is 0 Å². The number of hydrogen-bond acceptors (Lipinski definition) is 5. The molecular formula is C13H19N3O5S. The highest BCUT2D eigenvalue weighted by atomic mass is 32.2. The maximum absolute atomic E-state index is 12.0. The summed E-state index contributed by atoms with van der Waals surface area (Å²) < 4.78 is 26.0. The number of sulfonamides is 1. The van der Waals surface area contributed by atoms with E-state index in [0.29, 0.717) is 12.8 Å². The molecule has 1 unspecified atom stereocenters. The van der Waals surface area contributed by atoms with Gasteiger partial charge >= 0.3 is 6.09 Å². The Labute approximate surface area is 129 Å². The number of pyridine rings is 1. The normalized spacial score (nSPS) is 12.6. The number of Topliss-reactive ketones (excluding diaryl/α,β-unsaturated/α-hetero) is 1. The van der Waals surface area contributed by atoms with Gasteiger partial charge in [0.25, 0.3) is 10.0 Å². The van der Waals surface area contributed by atoms with E-state index < -0.39 is 34.5 Å². The fourth-order valence-electron chi connectivity index (χ4n) is 1.74. The van der Waals surface area contributed by atoms with Crippen molar-refractivity contribution in [2.45, 2.75) is 37.3 Å². The Morgan fingerprint density at radius 2 is 2.09 bits per heavy atom. The molecule has 0 aliphatic heterocycles. The van der Waals surface area contributed by atoms with Crippen LogP contribution in [0.5, 0.6) is 0 Å². The number of hydrogen-bond donors (Lipinski definition) is 3. The van der Waals surface area contributed by atoms with E-state index in [2.05, 4.69) is 15.0 Å². The molecule has 1 aromatic heterocycles. The van der Waals surface area contributed by atoms with Crippen LogP contribution in [0.15, 0.2) is 29.4 Å². The number of nitrogens with one attached hydrogen (secondary N) is 2. The highest BCUT2D eigenvalue weighted by molar-refractivity contribution is 7.89. The van der Waals surface area contributed by atoms with Crippen LogP contribution in [-0.2, 0) is 14.8 Å². The predicted molar refractivity (Wildman–Crippen MR) is 78.9 cm³/mol. The smallest absolute Gasteiger partial charge is 0.405 e. The number of aromatic nitrogens is 1. The van der Waals surface area contributed by atoms with Crippen molar-refractivity contribution >= 4 is 21.9 Å². The van der Waals surface area contributed by atoms with E-state index in [0.717, 1.165) is 6.42 Å². The van der Waals surface area contributed by atoms with E-state index in [1.807, 2.05) is 6.92 Å². The molecule has 1 amide bonds. The van der Waals surface area contributed by atoms with Crippen LogP contribution in [0, 0.1) is 0 Å². The number of carbonyl (C=O) groups is 2. The quantitative estimate of drug-likeness (QED) is 0.614. The van der Waals surface area contributed by atoms with Gasteiger partial charge in [-0.25, -0.2) is 22.9 Å². The Kier molecular flexibility index (Phi) is 6.93. The average Bonchev–Trinajstić information content (AvgIpc) is 2.49. The molecule has 0 saturated heterocycles. The van der Waals surface area contributed by atoms with Crippen molar-refractivity contribution in [1.29, 1.82) is 0 Å². The maximum atomic E-state index is 12.0. The molecule has 22 heavy (non-hydrogen) atoms. The summed E-state index contributed by atoms with van der Waals surface area (Å²) in [5.74, 6) is -0.532. The Morgan fingerprint density at radius 3 is 2.64 bits per heavy atom. The van der Waals surface area contributed by atoms with Crippen LogP contribution >= 0.6 is 0 Å². The van der Waals surface area contributed by atoms with Gasteiger partial charge in [-0.1, -0.05) is 25.8 Å². The standard InChI is InChI=1S/C13H19N3O5S/c1-2-3-6-10(16-13(18)19)11(17)9-15-22(20,21)12-7-4-5-8-14-12/h4-5,7-8,10,15-16H,2-3,6,9H2,1H3,(H,18,19). The lowest BCUT2D eigenvalue weighted by molar-refractivity contribution is -0.120. The third kappa shape index (κ3) is 5.78. The lowest BCUT2D eigenvalue weighted by Gasteiger charge is -2.15. The summed E-state index contributed by atoms with van der Waals surface area (Å²) in [6.07, 6.45) is 1.79. The lowest BCUT2D eigenvalue weighted by Crippen LogP contribution is -2.45. The van der Waals surface area contributed by atoms with Crippen molar-refractivity contribution in [1.82, 2.24) is 15.0 Å². The first kappa shape index (κ1) is 18.1. The molecule has 1 atom stereocenters. The number of unbranched alkanes of at least 4 members (excludes halogenated alkanes) is 1. The second-order valence-electron chi connectivity index (χ2n) is 4.60. The summed E-state index contributed by atoms with van der Waals surface area (Å²) in [5, 5.41) is 10.6. The highest BCUT2D eigenvalue weighted by Gasteiger charge is 2.23. The fraction of sp³-hybridized carbons (Fsp3) is 0.462. The van der Waals surface area contributed by atoms with Gasteiger partial charge in [-0.05, 0) is 18.6 Å². The minimum absolute atomic E-state index is 0.195. The molecule has 0 bridgehead atoms. The predicted octanol–water partition coefficient (Wildman–Crippen LogP) is 0.755. The van der Waals surface area contributed by atoms with Crippen molar-refractivity contribution in [3.05, 3.63) is 24.4 Å². The van der Waals surface area contributed by atoms with E-state index in [4.69, 9.17) is 5.11 Å². The molecule has 0 radical (unpaired) electrons. The topological polar surface area (TPSA) is 125 Å². The monoisotopic (exact) mass is 329 g/mol. The van der Waals surface area contributed by atoms with Gasteiger partial charge in [0.1, 0.15) is 0 Å². The number of amides is 1. The Balaban J connectivity index is 2.67. The zero-order valence-corrected chi connectivity index (χ0v) is 13.0. The second kappa shape index (κ2) is 8.44. The average molecular weight is 329 g/mol. The number of carbonyl (C=O) groups excluding carboxylic acids is 1. The number of rotatable bonds is 9. The van der Waals surface area contributed by atoms with Crippen LogP contribution in [0.1, 0.15) is 26.2 Å². The van der Waals surface area contributed by atoms with Gasteiger partial charge in [0, 0.05) is 6.20 Å². The van der Waals surface area contributed by atoms with Gasteiger partial charge in [-0.2, -0.15) is 0 Å². The fourth-order valence-corrected chi connectivity index (χ4v) is 2.68. The Bertz CT molecular complexity index is 603. The lowest BCUT2D eigenvalue weighted by atomic mass is 10.1. The summed E-state index contributed by atoms with van der Waals surface area (Å²) >= 11 is 0. The van der Waals surface area contributed by atoms with Crippen LogP contribution < -0.4 is 10.0 Å². The molecule has 0 saturated carbocycles. The van der Waals surface area contributed by atoms with Crippen LogP contribution in [0.4, 0.5) is 4.79 Å². The van der Waals surface area contributed by atoms with Gasteiger partial charge in [0.05, 0.1) is 12.6 Å². The SMILES string of the molecule is CCCCC(NC(=O)O)C(=O)CNS(=O)(=O)c1ccccn1. The highest BCUT2D eigenvalue weighted by Crippen LogP contribution is 2.05. The first-order valence-corrected chi connectivity index (χ1v) is 8.28. The van der Waals surface area contributed by atoms with E-state index in [9.17, 15) is 18.0 Å². The first-order valence-electron chi connectivity index (χ1n) is 6.79. The van der Waals surface area contributed by atoms with Gasteiger partial charge in [-0.3, -0.25) is 4.79 Å². The van der Waals surface area contributed by atoms with E-state index in [1.54, 1.807) is 6.07 Å². The van der Waals surface area contributed by atoms with Crippen LogP contribution in [0.2, 0.25) is 0 Å². The van der Waals surface area contributed by atoms with Crippen LogP contribution in [-0.4, -0.2) is 43.0 Å².